The van der Waals surface area contributed by atoms with Crippen LogP contribution in [0, 0.1) is 12.7 Å². The summed E-state index contributed by atoms with van der Waals surface area (Å²) < 4.78 is 13.2. The van der Waals surface area contributed by atoms with E-state index in [4.69, 9.17) is 0 Å². The van der Waals surface area contributed by atoms with Crippen LogP contribution in [-0.4, -0.2) is 42.0 Å². The summed E-state index contributed by atoms with van der Waals surface area (Å²) in [6.45, 7) is 5.02. The van der Waals surface area contributed by atoms with Gasteiger partial charge in [-0.15, -0.1) is 23.1 Å². The zero-order valence-corrected chi connectivity index (χ0v) is 18.5. The molecule has 1 fully saturated rings. The first-order valence-electron chi connectivity index (χ1n) is 10.0. The molecule has 1 aliphatic heterocycles. The maximum atomic E-state index is 13.2. The summed E-state index contributed by atoms with van der Waals surface area (Å²) in [7, 11) is 0. The molecule has 1 aromatic heterocycles. The summed E-state index contributed by atoms with van der Waals surface area (Å²) >= 11 is 3.40. The quantitative estimate of drug-likeness (QED) is 0.508. The zero-order chi connectivity index (χ0) is 20.9. The first kappa shape index (κ1) is 20.9. The number of rotatable bonds is 5. The van der Waals surface area contributed by atoms with Crippen LogP contribution in [0.2, 0.25) is 0 Å². The Morgan fingerprint density at radius 3 is 2.53 bits per heavy atom. The van der Waals surface area contributed by atoms with E-state index in [2.05, 4.69) is 15.3 Å². The number of thiazole rings is 1. The molecule has 2 aromatic carbocycles. The van der Waals surface area contributed by atoms with Crippen molar-refractivity contribution in [1.82, 2.24) is 9.88 Å². The van der Waals surface area contributed by atoms with E-state index >= 15 is 0 Å². The van der Waals surface area contributed by atoms with Crippen molar-refractivity contribution in [3.63, 3.8) is 0 Å². The van der Waals surface area contributed by atoms with Gasteiger partial charge in [-0.2, -0.15) is 0 Å². The number of aromatic nitrogens is 1. The second-order valence-corrected chi connectivity index (χ2v) is 9.39. The molecule has 0 unspecified atom stereocenters. The maximum Gasteiger partial charge on any atom is 0.253 e. The van der Waals surface area contributed by atoms with Crippen molar-refractivity contribution < 1.29 is 9.18 Å². The Bertz CT molecular complexity index is 988. The molecule has 0 spiro atoms. The van der Waals surface area contributed by atoms with Crippen molar-refractivity contribution >= 4 is 34.7 Å². The van der Waals surface area contributed by atoms with Crippen LogP contribution in [0.25, 0.3) is 0 Å². The van der Waals surface area contributed by atoms with Gasteiger partial charge in [0.1, 0.15) is 5.82 Å². The third-order valence-corrected chi connectivity index (χ3v) is 7.00. The van der Waals surface area contributed by atoms with Crippen molar-refractivity contribution in [1.29, 1.82) is 0 Å². The number of hydrogen-bond acceptors (Lipinski definition) is 5. The molecule has 30 heavy (non-hydrogen) atoms. The Kier molecular flexibility index (Phi) is 6.69. The average Bonchev–Trinajstić information content (AvgIpc) is 3.03. The van der Waals surface area contributed by atoms with Gasteiger partial charge in [0.2, 0.25) is 0 Å². The van der Waals surface area contributed by atoms with E-state index in [0.717, 1.165) is 58.7 Å². The van der Waals surface area contributed by atoms with Crippen LogP contribution in [0.15, 0.2) is 58.8 Å². The van der Waals surface area contributed by atoms with Gasteiger partial charge in [-0.25, -0.2) is 9.37 Å². The fourth-order valence-corrected chi connectivity index (χ4v) is 5.05. The summed E-state index contributed by atoms with van der Waals surface area (Å²) in [5, 5.41) is 3.18. The van der Waals surface area contributed by atoms with Gasteiger partial charge in [0.05, 0.1) is 10.7 Å². The third kappa shape index (κ3) is 5.21. The van der Waals surface area contributed by atoms with Crippen LogP contribution in [0.4, 0.5) is 10.1 Å². The van der Waals surface area contributed by atoms with E-state index < -0.39 is 0 Å². The maximum absolute atomic E-state index is 13.2. The van der Waals surface area contributed by atoms with Gasteiger partial charge in [-0.3, -0.25) is 4.79 Å². The minimum atomic E-state index is -0.228. The lowest BCUT2D eigenvalue weighted by molar-refractivity contribution is 0.0767. The lowest BCUT2D eigenvalue weighted by Gasteiger charge is -2.23. The number of anilines is 1. The third-order valence-electron chi connectivity index (χ3n) is 5.13. The Morgan fingerprint density at radius 2 is 1.83 bits per heavy atom. The smallest absolute Gasteiger partial charge is 0.253 e. The van der Waals surface area contributed by atoms with Crippen molar-refractivity contribution in [3.8, 4) is 0 Å². The summed E-state index contributed by atoms with van der Waals surface area (Å²) in [5.74, 6) is 0.680. The van der Waals surface area contributed by atoms with Crippen LogP contribution in [0.3, 0.4) is 0 Å². The molecule has 4 nitrogen and oxygen atoms in total. The van der Waals surface area contributed by atoms with Gasteiger partial charge in [0.25, 0.3) is 5.91 Å². The first-order chi connectivity index (χ1) is 14.6. The molecule has 0 radical (unpaired) electrons. The molecule has 4 rings (SSSR count). The van der Waals surface area contributed by atoms with Crippen LogP contribution >= 0.6 is 23.1 Å². The highest BCUT2D eigenvalue weighted by atomic mass is 32.2. The van der Waals surface area contributed by atoms with E-state index in [1.807, 2.05) is 36.1 Å². The highest BCUT2D eigenvalue weighted by molar-refractivity contribution is 7.98. The van der Waals surface area contributed by atoms with E-state index in [1.54, 1.807) is 35.2 Å². The summed E-state index contributed by atoms with van der Waals surface area (Å²) in [6, 6.07) is 14.4. The number of carbonyl (C=O) groups excluding carboxylic acids is 1. The van der Waals surface area contributed by atoms with E-state index in [1.165, 1.54) is 12.1 Å². The molecular formula is C23H24FN3OS2. The molecule has 3 aromatic rings. The highest BCUT2D eigenvalue weighted by Crippen LogP contribution is 2.24. The number of carbonyl (C=O) groups is 1. The SMILES string of the molecule is Cc1nc(CSc2ccc(C(=O)N3CCCN(c4ccc(F)cc4)CC3)cc2)cs1. The predicted octanol–water partition coefficient (Wildman–Crippen LogP) is 5.24. The van der Waals surface area contributed by atoms with Crippen LogP contribution in [0.5, 0.6) is 0 Å². The Morgan fingerprint density at radius 1 is 1.07 bits per heavy atom. The molecule has 0 aliphatic carbocycles. The number of amides is 1. The Hall–Kier alpha value is -2.38. The summed E-state index contributed by atoms with van der Waals surface area (Å²) in [5.41, 5.74) is 2.82. The van der Waals surface area contributed by atoms with E-state index in [9.17, 15) is 9.18 Å². The van der Waals surface area contributed by atoms with Crippen LogP contribution < -0.4 is 4.90 Å². The van der Waals surface area contributed by atoms with Gasteiger partial charge in [-0.1, -0.05) is 0 Å². The number of benzene rings is 2. The van der Waals surface area contributed by atoms with Crippen molar-refractivity contribution in [2.45, 2.75) is 24.0 Å². The van der Waals surface area contributed by atoms with Gasteiger partial charge in [-0.05, 0) is 61.9 Å². The first-order valence-corrected chi connectivity index (χ1v) is 11.9. The molecule has 2 heterocycles. The topological polar surface area (TPSA) is 36.4 Å². The second-order valence-electron chi connectivity index (χ2n) is 7.28. The van der Waals surface area contributed by atoms with Crippen molar-refractivity contribution in [2.24, 2.45) is 0 Å². The Balaban J connectivity index is 1.34. The number of thioether (sulfide) groups is 1. The molecular weight excluding hydrogens is 417 g/mol. The van der Waals surface area contributed by atoms with Gasteiger partial charge >= 0.3 is 0 Å². The lowest BCUT2D eigenvalue weighted by atomic mass is 10.2. The molecule has 0 N–H and O–H groups in total. The van der Waals surface area contributed by atoms with Gasteiger partial charge in [0.15, 0.2) is 0 Å². The zero-order valence-electron chi connectivity index (χ0n) is 16.9. The molecule has 7 heteroatoms. The van der Waals surface area contributed by atoms with Gasteiger partial charge in [0, 0.05) is 53.5 Å². The molecule has 0 bridgehead atoms. The summed E-state index contributed by atoms with van der Waals surface area (Å²) in [6.07, 6.45) is 0.893. The normalized spacial score (nSPS) is 14.6. The number of aryl methyl sites for hydroxylation is 1. The van der Waals surface area contributed by atoms with Crippen molar-refractivity contribution in [2.75, 3.05) is 31.1 Å². The van der Waals surface area contributed by atoms with Crippen molar-refractivity contribution in [3.05, 3.63) is 76.0 Å². The molecule has 1 saturated heterocycles. The fourth-order valence-electron chi connectivity index (χ4n) is 3.54. The number of nitrogens with zero attached hydrogens (tertiary/aromatic N) is 3. The lowest BCUT2D eigenvalue weighted by Crippen LogP contribution is -2.35. The van der Waals surface area contributed by atoms with Crippen LogP contribution in [0.1, 0.15) is 27.5 Å². The average molecular weight is 442 g/mol. The molecule has 0 saturated carbocycles. The van der Waals surface area contributed by atoms with E-state index in [0.29, 0.717) is 6.54 Å². The fraction of sp³-hybridized carbons (Fsp3) is 0.304. The monoisotopic (exact) mass is 441 g/mol. The molecule has 0 atom stereocenters. The number of halogens is 1. The summed E-state index contributed by atoms with van der Waals surface area (Å²) in [4.78, 5) is 22.7. The van der Waals surface area contributed by atoms with Crippen LogP contribution in [-0.2, 0) is 5.75 Å². The predicted molar refractivity (Wildman–Crippen MR) is 122 cm³/mol. The minimum Gasteiger partial charge on any atom is -0.370 e. The standard InChI is InChI=1S/C23H24FN3OS2/c1-17-25-20(15-29-17)16-30-22-9-3-18(4-10-22)23(28)27-12-2-11-26(13-14-27)21-7-5-19(24)6-8-21/h3-10,15H,2,11-14,16H2,1H3. The van der Waals surface area contributed by atoms with E-state index in [-0.39, 0.29) is 11.7 Å². The molecule has 1 amide bonds. The highest BCUT2D eigenvalue weighted by Gasteiger charge is 2.20. The van der Waals surface area contributed by atoms with Gasteiger partial charge < -0.3 is 9.80 Å². The largest absolute Gasteiger partial charge is 0.370 e. The number of hydrogen-bond donors (Lipinski definition) is 0. The Labute approximate surface area is 184 Å². The second kappa shape index (κ2) is 9.62. The molecule has 156 valence electrons. The molecule has 1 aliphatic rings. The minimum absolute atomic E-state index is 0.0719.